The fraction of sp³-hybridized carbons (Fsp3) is 0.500. The van der Waals surface area contributed by atoms with E-state index in [1.807, 2.05) is 0 Å². The van der Waals surface area contributed by atoms with Crippen molar-refractivity contribution in [2.24, 2.45) is 0 Å². The number of ether oxygens (including phenoxy) is 2. The molecule has 0 saturated carbocycles. The highest BCUT2D eigenvalue weighted by molar-refractivity contribution is 7.46. The molecule has 2 aromatic rings. The van der Waals surface area contributed by atoms with Crippen LogP contribution in [0.4, 0.5) is 10.2 Å². The molecule has 0 spiro atoms. The minimum Gasteiger partial charge on any atom is -0.456 e. The van der Waals surface area contributed by atoms with Gasteiger partial charge in [0.15, 0.2) is 35.5 Å². The maximum absolute atomic E-state index is 15.1. The number of nitrogens with zero attached hydrogens (tertiary/aromatic N) is 4. The van der Waals surface area contributed by atoms with E-state index in [0.717, 1.165) is 13.3 Å². The molecule has 15 heteroatoms. The van der Waals surface area contributed by atoms with Gasteiger partial charge in [0.05, 0.1) is 12.9 Å². The third-order valence-corrected chi connectivity index (χ3v) is 4.39. The van der Waals surface area contributed by atoms with Crippen molar-refractivity contribution in [1.29, 1.82) is 0 Å². The Labute approximate surface area is 162 Å². The Morgan fingerprint density at radius 2 is 2.07 bits per heavy atom. The predicted octanol–water partition coefficient (Wildman–Crippen LogP) is 0.0612. The van der Waals surface area contributed by atoms with E-state index in [2.05, 4.69) is 24.8 Å². The molecule has 1 amide bonds. The Bertz CT molecular complexity index is 980. The molecule has 3 heterocycles. The SMILES string of the molecule is CC(=O)Nc1ncnc2c1ncn2C1OC(COP(=O)(O)O)C(OC(C)=O)C1F. The number of hydrogen-bond acceptors (Lipinski definition) is 9. The van der Waals surface area contributed by atoms with Crippen LogP contribution in [0, 0.1) is 0 Å². The number of esters is 1. The number of carbonyl (C=O) groups is 2. The second-order valence-electron chi connectivity index (χ2n) is 6.10. The van der Waals surface area contributed by atoms with Gasteiger partial charge >= 0.3 is 13.8 Å². The molecule has 2 aromatic heterocycles. The number of rotatable bonds is 6. The number of carbonyl (C=O) groups excluding carboxylic acids is 2. The Kier molecular flexibility index (Phi) is 5.91. The number of phosphoric ester groups is 1. The van der Waals surface area contributed by atoms with Crippen molar-refractivity contribution in [1.82, 2.24) is 19.5 Å². The standard InChI is InChI=1S/C14H17FN5O8P/c1-6(21)19-12-10-13(17-4-16-12)20(5-18-10)14-9(15)11(27-7(2)22)8(28-14)3-26-29(23,24)25/h4-5,8-9,11,14H,3H2,1-2H3,(H2,23,24,25)(H,16,17,19,21). The number of halogens is 1. The van der Waals surface area contributed by atoms with Crippen molar-refractivity contribution in [2.75, 3.05) is 11.9 Å². The minimum atomic E-state index is -4.86. The quantitative estimate of drug-likeness (QED) is 0.415. The number of amides is 1. The van der Waals surface area contributed by atoms with E-state index < -0.39 is 50.9 Å². The summed E-state index contributed by atoms with van der Waals surface area (Å²) in [6, 6.07) is 0. The molecule has 13 nitrogen and oxygen atoms in total. The van der Waals surface area contributed by atoms with Crippen molar-refractivity contribution >= 4 is 36.7 Å². The van der Waals surface area contributed by atoms with Gasteiger partial charge in [0.2, 0.25) is 5.91 Å². The van der Waals surface area contributed by atoms with E-state index in [-0.39, 0.29) is 17.0 Å². The van der Waals surface area contributed by atoms with Crippen LogP contribution in [0.2, 0.25) is 0 Å². The Morgan fingerprint density at radius 1 is 1.34 bits per heavy atom. The van der Waals surface area contributed by atoms with E-state index in [1.165, 1.54) is 17.8 Å². The Morgan fingerprint density at radius 3 is 2.69 bits per heavy atom. The number of phosphoric acid groups is 1. The highest BCUT2D eigenvalue weighted by Crippen LogP contribution is 2.40. The molecule has 0 aliphatic carbocycles. The van der Waals surface area contributed by atoms with Crippen LogP contribution in [0.15, 0.2) is 12.7 Å². The number of hydrogen-bond donors (Lipinski definition) is 3. The molecule has 1 aliphatic heterocycles. The average molecular weight is 433 g/mol. The Hall–Kier alpha value is -2.51. The van der Waals surface area contributed by atoms with Crippen molar-refractivity contribution in [3.05, 3.63) is 12.7 Å². The Balaban J connectivity index is 1.92. The summed E-state index contributed by atoms with van der Waals surface area (Å²) in [6.07, 6.45) is -3.79. The molecule has 4 unspecified atom stereocenters. The average Bonchev–Trinajstić information content (AvgIpc) is 3.15. The molecule has 158 valence electrons. The van der Waals surface area contributed by atoms with Crippen LogP contribution < -0.4 is 5.32 Å². The lowest BCUT2D eigenvalue weighted by Gasteiger charge is -2.18. The van der Waals surface area contributed by atoms with Crippen molar-refractivity contribution < 1.29 is 42.3 Å². The maximum atomic E-state index is 15.1. The third kappa shape index (κ3) is 4.74. The first-order valence-electron chi connectivity index (χ1n) is 8.19. The van der Waals surface area contributed by atoms with Crippen LogP contribution >= 0.6 is 7.82 Å². The fourth-order valence-corrected chi connectivity index (χ4v) is 3.19. The van der Waals surface area contributed by atoms with E-state index in [0.29, 0.717) is 0 Å². The monoisotopic (exact) mass is 433 g/mol. The number of nitrogens with one attached hydrogen (secondary N) is 1. The first kappa shape index (κ1) is 21.2. The number of imidazole rings is 1. The van der Waals surface area contributed by atoms with Crippen molar-refractivity contribution in [2.45, 2.75) is 38.5 Å². The molecular weight excluding hydrogens is 416 g/mol. The lowest BCUT2D eigenvalue weighted by Crippen LogP contribution is -2.35. The van der Waals surface area contributed by atoms with E-state index in [4.69, 9.17) is 19.3 Å². The first-order chi connectivity index (χ1) is 13.6. The van der Waals surface area contributed by atoms with E-state index >= 15 is 4.39 Å². The molecular formula is C14H17FN5O8P. The fourth-order valence-electron chi connectivity index (χ4n) is 2.85. The molecule has 29 heavy (non-hydrogen) atoms. The lowest BCUT2D eigenvalue weighted by atomic mass is 10.1. The van der Waals surface area contributed by atoms with Crippen LogP contribution in [-0.4, -0.2) is 66.2 Å². The van der Waals surface area contributed by atoms with Crippen molar-refractivity contribution in [3.63, 3.8) is 0 Å². The van der Waals surface area contributed by atoms with Gasteiger partial charge in [-0.15, -0.1) is 0 Å². The predicted molar refractivity (Wildman–Crippen MR) is 92.0 cm³/mol. The molecule has 0 aromatic carbocycles. The molecule has 1 fully saturated rings. The second kappa shape index (κ2) is 8.08. The molecule has 1 aliphatic rings. The van der Waals surface area contributed by atoms with Gasteiger partial charge in [-0.3, -0.25) is 18.7 Å². The number of fused-ring (bicyclic) bond motifs is 1. The summed E-state index contributed by atoms with van der Waals surface area (Å²) in [7, 11) is -4.86. The minimum absolute atomic E-state index is 0.104. The number of aromatic nitrogens is 4. The topological polar surface area (TPSA) is 175 Å². The second-order valence-corrected chi connectivity index (χ2v) is 7.34. The summed E-state index contributed by atoms with van der Waals surface area (Å²) in [5.74, 6) is -1.11. The molecule has 0 radical (unpaired) electrons. The van der Waals surface area contributed by atoms with Crippen LogP contribution in [0.5, 0.6) is 0 Å². The van der Waals surface area contributed by atoms with Gasteiger partial charge in [0.25, 0.3) is 0 Å². The molecule has 1 saturated heterocycles. The maximum Gasteiger partial charge on any atom is 0.469 e. The molecule has 3 rings (SSSR count). The highest BCUT2D eigenvalue weighted by Gasteiger charge is 2.49. The molecule has 3 N–H and O–H groups in total. The van der Waals surface area contributed by atoms with Crippen LogP contribution in [0.1, 0.15) is 20.1 Å². The zero-order valence-corrected chi connectivity index (χ0v) is 16.0. The van der Waals surface area contributed by atoms with Gasteiger partial charge in [0.1, 0.15) is 12.4 Å². The van der Waals surface area contributed by atoms with Crippen LogP contribution in [0.25, 0.3) is 11.2 Å². The smallest absolute Gasteiger partial charge is 0.456 e. The normalized spacial score (nSPS) is 24.6. The summed E-state index contributed by atoms with van der Waals surface area (Å²) >= 11 is 0. The van der Waals surface area contributed by atoms with Gasteiger partial charge in [-0.05, 0) is 0 Å². The highest BCUT2D eigenvalue weighted by atomic mass is 31.2. The largest absolute Gasteiger partial charge is 0.469 e. The summed E-state index contributed by atoms with van der Waals surface area (Å²) < 4.78 is 42.0. The lowest BCUT2D eigenvalue weighted by molar-refractivity contribution is -0.152. The summed E-state index contributed by atoms with van der Waals surface area (Å²) in [5.41, 5.74) is 0.284. The van der Waals surface area contributed by atoms with Gasteiger partial charge in [-0.25, -0.2) is 23.9 Å². The number of alkyl halides is 1. The van der Waals surface area contributed by atoms with E-state index in [1.54, 1.807) is 0 Å². The van der Waals surface area contributed by atoms with Gasteiger partial charge < -0.3 is 24.6 Å². The van der Waals surface area contributed by atoms with Crippen LogP contribution in [-0.2, 0) is 28.2 Å². The zero-order chi connectivity index (χ0) is 21.3. The first-order valence-corrected chi connectivity index (χ1v) is 9.72. The van der Waals surface area contributed by atoms with Gasteiger partial charge in [-0.1, -0.05) is 0 Å². The number of anilines is 1. The zero-order valence-electron chi connectivity index (χ0n) is 15.1. The van der Waals surface area contributed by atoms with Gasteiger partial charge in [0, 0.05) is 13.8 Å². The summed E-state index contributed by atoms with van der Waals surface area (Å²) in [6.45, 7) is 1.61. The van der Waals surface area contributed by atoms with Crippen molar-refractivity contribution in [3.8, 4) is 0 Å². The van der Waals surface area contributed by atoms with Gasteiger partial charge in [-0.2, -0.15) is 0 Å². The summed E-state index contributed by atoms with van der Waals surface area (Å²) in [4.78, 5) is 52.3. The molecule has 0 bridgehead atoms. The summed E-state index contributed by atoms with van der Waals surface area (Å²) in [5, 5.41) is 2.47. The molecule has 4 atom stereocenters. The third-order valence-electron chi connectivity index (χ3n) is 3.90. The van der Waals surface area contributed by atoms with Crippen LogP contribution in [0.3, 0.4) is 0 Å². The van der Waals surface area contributed by atoms with E-state index in [9.17, 15) is 14.2 Å².